The summed E-state index contributed by atoms with van der Waals surface area (Å²) in [6, 6.07) is 0. The molecule has 1 aliphatic heterocycles. The molecule has 1 aromatic heterocycles. The predicted molar refractivity (Wildman–Crippen MR) is 69.3 cm³/mol. The Bertz CT molecular complexity index is 314. The van der Waals surface area contributed by atoms with Gasteiger partial charge in [-0.25, -0.2) is 0 Å². The number of H-pyrrole nitrogens is 1. The first kappa shape index (κ1) is 12.4. The van der Waals surface area contributed by atoms with Crippen LogP contribution in [-0.4, -0.2) is 41.4 Å². The summed E-state index contributed by atoms with van der Waals surface area (Å²) in [5.41, 5.74) is 0. The number of aromatic amines is 1. The summed E-state index contributed by atoms with van der Waals surface area (Å²) in [4.78, 5) is 6.84. The highest BCUT2D eigenvalue weighted by Crippen LogP contribution is 2.10. The number of rotatable bonds is 5. The molecule has 17 heavy (non-hydrogen) atoms. The molecule has 0 bridgehead atoms. The second kappa shape index (κ2) is 6.59. The van der Waals surface area contributed by atoms with Gasteiger partial charge in [-0.15, -0.1) is 5.10 Å². The molecule has 0 amide bonds. The van der Waals surface area contributed by atoms with Gasteiger partial charge in [-0.2, -0.15) is 4.98 Å². The fourth-order valence-corrected chi connectivity index (χ4v) is 2.13. The lowest BCUT2D eigenvalue weighted by Gasteiger charge is -2.16. The van der Waals surface area contributed by atoms with Gasteiger partial charge in [0.1, 0.15) is 5.82 Å². The van der Waals surface area contributed by atoms with E-state index < -0.39 is 0 Å². The number of anilines is 1. The number of aromatic nitrogens is 3. The van der Waals surface area contributed by atoms with Crippen molar-refractivity contribution in [3.05, 3.63) is 5.82 Å². The van der Waals surface area contributed by atoms with E-state index in [4.69, 9.17) is 0 Å². The molecule has 5 nitrogen and oxygen atoms in total. The zero-order chi connectivity index (χ0) is 11.9. The van der Waals surface area contributed by atoms with Crippen LogP contribution in [0.5, 0.6) is 0 Å². The summed E-state index contributed by atoms with van der Waals surface area (Å²) in [6.07, 6.45) is 5.90. The molecule has 5 heteroatoms. The normalized spacial score (nSPS) is 17.1. The summed E-state index contributed by atoms with van der Waals surface area (Å²) < 4.78 is 0. The maximum atomic E-state index is 4.58. The smallest absolute Gasteiger partial charge is 0.244 e. The fraction of sp³-hybridized carbons (Fsp3) is 0.833. The van der Waals surface area contributed by atoms with Crippen LogP contribution in [0.2, 0.25) is 0 Å². The first-order chi connectivity index (χ1) is 8.40. The zero-order valence-corrected chi connectivity index (χ0v) is 10.7. The van der Waals surface area contributed by atoms with Crippen molar-refractivity contribution in [3.8, 4) is 0 Å². The third-order valence-electron chi connectivity index (χ3n) is 3.16. The largest absolute Gasteiger partial charge is 0.338 e. The lowest BCUT2D eigenvalue weighted by Crippen LogP contribution is -2.28. The van der Waals surface area contributed by atoms with E-state index in [1.165, 1.54) is 25.7 Å². The molecule has 1 saturated heterocycles. The average Bonchev–Trinajstić information content (AvgIpc) is 2.64. The van der Waals surface area contributed by atoms with E-state index in [1.807, 2.05) is 0 Å². The van der Waals surface area contributed by atoms with Crippen molar-refractivity contribution in [1.29, 1.82) is 0 Å². The average molecular weight is 237 g/mol. The molecule has 1 fully saturated rings. The molecule has 1 aromatic rings. The van der Waals surface area contributed by atoms with E-state index >= 15 is 0 Å². The predicted octanol–water partition coefficient (Wildman–Crippen LogP) is 1.34. The van der Waals surface area contributed by atoms with Gasteiger partial charge >= 0.3 is 0 Å². The van der Waals surface area contributed by atoms with Crippen molar-refractivity contribution < 1.29 is 0 Å². The van der Waals surface area contributed by atoms with Gasteiger partial charge < -0.3 is 10.2 Å². The number of unbranched alkanes of at least 4 members (excludes halogenated alkanes) is 2. The minimum absolute atomic E-state index is 0.875. The summed E-state index contributed by atoms with van der Waals surface area (Å²) >= 11 is 0. The van der Waals surface area contributed by atoms with Gasteiger partial charge in [-0.3, -0.25) is 5.10 Å². The Hall–Kier alpha value is -1.10. The summed E-state index contributed by atoms with van der Waals surface area (Å²) in [5, 5.41) is 10.8. The number of aryl methyl sites for hydroxylation is 1. The minimum Gasteiger partial charge on any atom is -0.338 e. The number of nitrogens with zero attached hydrogens (tertiary/aromatic N) is 3. The maximum Gasteiger partial charge on any atom is 0.244 e. The van der Waals surface area contributed by atoms with Crippen LogP contribution in [0.3, 0.4) is 0 Å². The van der Waals surface area contributed by atoms with Crippen LogP contribution in [0.1, 0.15) is 38.4 Å². The molecule has 96 valence electrons. The molecular weight excluding hydrogens is 214 g/mol. The summed E-state index contributed by atoms with van der Waals surface area (Å²) in [6.45, 7) is 6.41. The molecule has 2 heterocycles. The van der Waals surface area contributed by atoms with Gasteiger partial charge in [0.25, 0.3) is 0 Å². The van der Waals surface area contributed by atoms with Gasteiger partial charge in [0, 0.05) is 26.1 Å². The third-order valence-corrected chi connectivity index (χ3v) is 3.16. The minimum atomic E-state index is 0.875. The lowest BCUT2D eigenvalue weighted by molar-refractivity contribution is 0.695. The molecule has 2 N–H and O–H groups in total. The number of hydrogen-bond acceptors (Lipinski definition) is 4. The Balaban J connectivity index is 1.87. The molecule has 1 aliphatic rings. The first-order valence-corrected chi connectivity index (χ1v) is 6.77. The van der Waals surface area contributed by atoms with Crippen LogP contribution in [0.25, 0.3) is 0 Å². The highest BCUT2D eigenvalue weighted by atomic mass is 15.4. The molecule has 0 radical (unpaired) electrons. The lowest BCUT2D eigenvalue weighted by atomic mass is 10.2. The van der Waals surface area contributed by atoms with Crippen LogP contribution in [0.4, 0.5) is 5.95 Å². The van der Waals surface area contributed by atoms with E-state index in [0.29, 0.717) is 0 Å². The molecule has 0 saturated carbocycles. The summed E-state index contributed by atoms with van der Waals surface area (Å²) in [7, 11) is 0. The topological polar surface area (TPSA) is 56.8 Å². The van der Waals surface area contributed by atoms with Crippen molar-refractivity contribution in [3.63, 3.8) is 0 Å². The molecule has 0 unspecified atom stereocenters. The molecule has 0 atom stereocenters. The van der Waals surface area contributed by atoms with Crippen LogP contribution < -0.4 is 10.2 Å². The number of hydrogen-bond donors (Lipinski definition) is 2. The van der Waals surface area contributed by atoms with Crippen LogP contribution in [0, 0.1) is 0 Å². The molecule has 0 aromatic carbocycles. The van der Waals surface area contributed by atoms with E-state index in [2.05, 4.69) is 32.3 Å². The van der Waals surface area contributed by atoms with E-state index in [1.54, 1.807) is 0 Å². The van der Waals surface area contributed by atoms with Crippen molar-refractivity contribution in [1.82, 2.24) is 20.5 Å². The van der Waals surface area contributed by atoms with Gasteiger partial charge in [-0.05, 0) is 19.4 Å². The Morgan fingerprint density at radius 3 is 3.06 bits per heavy atom. The molecule has 2 rings (SSSR count). The van der Waals surface area contributed by atoms with Crippen molar-refractivity contribution in [2.45, 2.75) is 39.0 Å². The third kappa shape index (κ3) is 3.70. The van der Waals surface area contributed by atoms with E-state index in [-0.39, 0.29) is 0 Å². The van der Waals surface area contributed by atoms with Crippen molar-refractivity contribution >= 4 is 5.95 Å². The fourth-order valence-electron chi connectivity index (χ4n) is 2.13. The standard InChI is InChI=1S/C12H23N5/c1-2-3-4-6-11-14-12(16-15-11)17-9-5-7-13-8-10-17/h13H,2-10H2,1H3,(H,14,15,16). The zero-order valence-electron chi connectivity index (χ0n) is 10.7. The molecule has 0 spiro atoms. The second-order valence-corrected chi connectivity index (χ2v) is 4.63. The SMILES string of the molecule is CCCCCc1nc(N2CCCNCC2)n[nH]1. The Kier molecular flexibility index (Phi) is 4.79. The van der Waals surface area contributed by atoms with Crippen LogP contribution >= 0.6 is 0 Å². The van der Waals surface area contributed by atoms with Crippen LogP contribution in [-0.2, 0) is 6.42 Å². The Morgan fingerprint density at radius 1 is 1.24 bits per heavy atom. The van der Waals surface area contributed by atoms with E-state index in [0.717, 1.165) is 44.4 Å². The van der Waals surface area contributed by atoms with Crippen LogP contribution in [0.15, 0.2) is 0 Å². The van der Waals surface area contributed by atoms with Gasteiger partial charge in [0.15, 0.2) is 0 Å². The molecular formula is C12H23N5. The van der Waals surface area contributed by atoms with E-state index in [9.17, 15) is 0 Å². The highest BCUT2D eigenvalue weighted by Gasteiger charge is 2.13. The Morgan fingerprint density at radius 2 is 2.18 bits per heavy atom. The van der Waals surface area contributed by atoms with Crippen molar-refractivity contribution in [2.75, 3.05) is 31.1 Å². The first-order valence-electron chi connectivity index (χ1n) is 6.77. The maximum absolute atomic E-state index is 4.58. The quantitative estimate of drug-likeness (QED) is 0.759. The monoisotopic (exact) mass is 237 g/mol. The number of nitrogens with one attached hydrogen (secondary N) is 2. The van der Waals surface area contributed by atoms with Gasteiger partial charge in [0.2, 0.25) is 5.95 Å². The Labute approximate surface area is 103 Å². The summed E-state index contributed by atoms with van der Waals surface area (Å²) in [5.74, 6) is 1.91. The molecule has 0 aliphatic carbocycles. The van der Waals surface area contributed by atoms with Gasteiger partial charge in [0.05, 0.1) is 0 Å². The van der Waals surface area contributed by atoms with Gasteiger partial charge in [-0.1, -0.05) is 19.8 Å². The second-order valence-electron chi connectivity index (χ2n) is 4.63. The highest BCUT2D eigenvalue weighted by molar-refractivity contribution is 5.28. The van der Waals surface area contributed by atoms with Crippen molar-refractivity contribution in [2.24, 2.45) is 0 Å².